The number of ether oxygens (including phenoxy) is 1. The number of aromatic nitrogens is 1. The van der Waals surface area contributed by atoms with E-state index in [1.54, 1.807) is 32.0 Å². The quantitative estimate of drug-likeness (QED) is 0.672. The fraction of sp³-hybridized carbons (Fsp3) is 0.250. The molecule has 0 aliphatic heterocycles. The number of nitrogens with one attached hydrogen (secondary N) is 1. The van der Waals surface area contributed by atoms with Crippen LogP contribution in [0.15, 0.2) is 24.4 Å². The third kappa shape index (κ3) is 3.62. The van der Waals surface area contributed by atoms with Gasteiger partial charge >= 0.3 is 5.97 Å². The summed E-state index contributed by atoms with van der Waals surface area (Å²) in [5.41, 5.74) is 0.946. The smallest absolute Gasteiger partial charge is 0.341 e. The summed E-state index contributed by atoms with van der Waals surface area (Å²) in [7, 11) is 0. The highest BCUT2D eigenvalue weighted by molar-refractivity contribution is 7.18. The molecule has 0 aliphatic carbocycles. The van der Waals surface area contributed by atoms with E-state index in [2.05, 4.69) is 10.3 Å². The molecule has 0 saturated heterocycles. The van der Waals surface area contributed by atoms with Crippen molar-refractivity contribution in [1.29, 1.82) is 0 Å². The number of carbonyl (C=O) groups excluding carboxylic acids is 3. The zero-order valence-electron chi connectivity index (χ0n) is 13.0. The van der Waals surface area contributed by atoms with Crippen LogP contribution in [0.3, 0.4) is 0 Å². The number of thiophene rings is 1. The van der Waals surface area contributed by atoms with Gasteiger partial charge in [-0.15, -0.1) is 11.3 Å². The number of pyridine rings is 1. The molecule has 0 spiro atoms. The zero-order valence-corrected chi connectivity index (χ0v) is 13.8. The highest BCUT2D eigenvalue weighted by Crippen LogP contribution is 2.34. The van der Waals surface area contributed by atoms with Crippen molar-refractivity contribution < 1.29 is 19.1 Å². The van der Waals surface area contributed by atoms with Crippen molar-refractivity contribution in [2.45, 2.75) is 20.8 Å². The van der Waals surface area contributed by atoms with Gasteiger partial charge in [-0.25, -0.2) is 4.79 Å². The monoisotopic (exact) mass is 332 g/mol. The second-order valence-electron chi connectivity index (χ2n) is 4.71. The molecular formula is C16H16N2O4S. The molecule has 0 unspecified atom stereocenters. The first-order chi connectivity index (χ1) is 11.0. The molecule has 0 aromatic carbocycles. The number of anilines is 1. The van der Waals surface area contributed by atoms with Gasteiger partial charge in [0.05, 0.1) is 17.0 Å². The number of hydrogen-bond donors (Lipinski definition) is 1. The van der Waals surface area contributed by atoms with Crippen LogP contribution in [0, 0.1) is 6.92 Å². The van der Waals surface area contributed by atoms with E-state index in [-0.39, 0.29) is 23.6 Å². The van der Waals surface area contributed by atoms with Gasteiger partial charge in [0.2, 0.25) is 0 Å². The molecule has 0 aliphatic rings. The molecule has 120 valence electrons. The lowest BCUT2D eigenvalue weighted by Crippen LogP contribution is -2.15. The summed E-state index contributed by atoms with van der Waals surface area (Å²) in [6.45, 7) is 4.98. The van der Waals surface area contributed by atoms with Gasteiger partial charge in [-0.05, 0) is 38.5 Å². The molecule has 6 nitrogen and oxygen atoms in total. The zero-order chi connectivity index (χ0) is 17.0. The molecule has 23 heavy (non-hydrogen) atoms. The first kappa shape index (κ1) is 16.8. The largest absolute Gasteiger partial charge is 0.462 e. The van der Waals surface area contributed by atoms with E-state index in [9.17, 15) is 14.4 Å². The topological polar surface area (TPSA) is 85.4 Å². The number of carbonyl (C=O) groups is 3. The minimum absolute atomic E-state index is 0.170. The summed E-state index contributed by atoms with van der Waals surface area (Å²) in [5.74, 6) is -1.19. The molecule has 2 aromatic heterocycles. The lowest BCUT2D eigenvalue weighted by Gasteiger charge is -2.06. The molecule has 2 heterocycles. The van der Waals surface area contributed by atoms with Crippen molar-refractivity contribution in [1.82, 2.24) is 4.98 Å². The third-order valence-electron chi connectivity index (χ3n) is 3.07. The Morgan fingerprint density at radius 1 is 1.30 bits per heavy atom. The Hall–Kier alpha value is -2.54. The number of rotatable bonds is 5. The Kier molecular flexibility index (Phi) is 5.23. The Morgan fingerprint density at radius 2 is 2.04 bits per heavy atom. The fourth-order valence-electron chi connectivity index (χ4n) is 2.05. The van der Waals surface area contributed by atoms with Gasteiger partial charge < -0.3 is 10.1 Å². The Labute approximate surface area is 137 Å². The van der Waals surface area contributed by atoms with Crippen molar-refractivity contribution in [3.63, 3.8) is 0 Å². The van der Waals surface area contributed by atoms with Crippen LogP contribution in [-0.4, -0.2) is 29.3 Å². The number of ketones is 1. The van der Waals surface area contributed by atoms with Gasteiger partial charge in [0, 0.05) is 6.20 Å². The van der Waals surface area contributed by atoms with Crippen molar-refractivity contribution in [3.05, 3.63) is 46.1 Å². The average molecular weight is 332 g/mol. The maximum Gasteiger partial charge on any atom is 0.341 e. The molecule has 0 atom stereocenters. The molecule has 2 aromatic rings. The van der Waals surface area contributed by atoms with Crippen molar-refractivity contribution in [2.75, 3.05) is 11.9 Å². The highest BCUT2D eigenvalue weighted by atomic mass is 32.1. The maximum absolute atomic E-state index is 12.2. The summed E-state index contributed by atoms with van der Waals surface area (Å²) in [4.78, 5) is 40.5. The first-order valence-corrected chi connectivity index (χ1v) is 7.81. The first-order valence-electron chi connectivity index (χ1n) is 6.99. The summed E-state index contributed by atoms with van der Waals surface area (Å²) in [6.07, 6.45) is 1.50. The Balaban J connectivity index is 2.40. The van der Waals surface area contributed by atoms with Crippen LogP contribution in [0.4, 0.5) is 5.00 Å². The molecule has 0 fully saturated rings. The second-order valence-corrected chi connectivity index (χ2v) is 5.73. The molecule has 1 amide bonds. The van der Waals surface area contributed by atoms with Crippen LogP contribution in [0.1, 0.15) is 49.9 Å². The number of hydrogen-bond acceptors (Lipinski definition) is 6. The molecule has 0 radical (unpaired) electrons. The van der Waals surface area contributed by atoms with E-state index in [4.69, 9.17) is 4.74 Å². The molecule has 0 bridgehead atoms. The van der Waals surface area contributed by atoms with Crippen LogP contribution in [-0.2, 0) is 4.74 Å². The van der Waals surface area contributed by atoms with E-state index in [1.165, 1.54) is 13.1 Å². The maximum atomic E-state index is 12.2. The van der Waals surface area contributed by atoms with Crippen LogP contribution in [0.2, 0.25) is 0 Å². The molecule has 7 heteroatoms. The van der Waals surface area contributed by atoms with Crippen LogP contribution in [0.5, 0.6) is 0 Å². The van der Waals surface area contributed by atoms with Crippen LogP contribution >= 0.6 is 11.3 Å². The van der Waals surface area contributed by atoms with Gasteiger partial charge in [0.15, 0.2) is 5.78 Å². The predicted octanol–water partition coefficient (Wildman–Crippen LogP) is 3.08. The van der Waals surface area contributed by atoms with E-state index >= 15 is 0 Å². The highest BCUT2D eigenvalue weighted by Gasteiger charge is 2.25. The minimum Gasteiger partial charge on any atom is -0.462 e. The SMILES string of the molecule is CCOC(=O)c1c(NC(=O)c2ccccn2)sc(C(C)=O)c1C. The van der Waals surface area contributed by atoms with Gasteiger partial charge in [0.1, 0.15) is 10.7 Å². The van der Waals surface area contributed by atoms with Crippen molar-refractivity contribution >= 4 is 34.0 Å². The van der Waals surface area contributed by atoms with Gasteiger partial charge in [-0.3, -0.25) is 14.6 Å². The van der Waals surface area contributed by atoms with Gasteiger partial charge in [-0.2, -0.15) is 0 Å². The lowest BCUT2D eigenvalue weighted by molar-refractivity contribution is 0.0527. The minimum atomic E-state index is -0.565. The van der Waals surface area contributed by atoms with Crippen molar-refractivity contribution in [3.8, 4) is 0 Å². The summed E-state index contributed by atoms with van der Waals surface area (Å²) in [5, 5.41) is 2.94. The molecule has 1 N–H and O–H groups in total. The van der Waals surface area contributed by atoms with E-state index < -0.39 is 11.9 Å². The summed E-state index contributed by atoms with van der Waals surface area (Å²) >= 11 is 1.06. The normalized spacial score (nSPS) is 10.2. The number of esters is 1. The molecule has 2 rings (SSSR count). The Bertz CT molecular complexity index is 753. The number of nitrogens with zero attached hydrogens (tertiary/aromatic N) is 1. The summed E-state index contributed by atoms with van der Waals surface area (Å²) in [6, 6.07) is 4.95. The molecule has 0 saturated carbocycles. The number of Topliss-reactive ketones (excluding diaryl/α,β-unsaturated/α-hetero) is 1. The van der Waals surface area contributed by atoms with Crippen LogP contribution in [0.25, 0.3) is 0 Å². The lowest BCUT2D eigenvalue weighted by atomic mass is 10.1. The standard InChI is InChI=1S/C16H16N2O4S/c1-4-22-16(21)12-9(2)13(10(3)19)23-15(12)18-14(20)11-7-5-6-8-17-11/h5-8H,4H2,1-3H3,(H,18,20). The van der Waals surface area contributed by atoms with E-state index in [0.29, 0.717) is 15.4 Å². The average Bonchev–Trinajstić information content (AvgIpc) is 2.85. The fourth-order valence-corrected chi connectivity index (χ4v) is 3.14. The van der Waals surface area contributed by atoms with Gasteiger partial charge in [0.25, 0.3) is 5.91 Å². The second kappa shape index (κ2) is 7.15. The summed E-state index contributed by atoms with van der Waals surface area (Å²) < 4.78 is 5.02. The Morgan fingerprint density at radius 3 is 2.61 bits per heavy atom. The predicted molar refractivity (Wildman–Crippen MR) is 87.2 cm³/mol. The van der Waals surface area contributed by atoms with Gasteiger partial charge in [-0.1, -0.05) is 6.07 Å². The van der Waals surface area contributed by atoms with Crippen molar-refractivity contribution in [2.24, 2.45) is 0 Å². The number of amides is 1. The molecular weight excluding hydrogens is 316 g/mol. The van der Waals surface area contributed by atoms with E-state index in [0.717, 1.165) is 11.3 Å². The van der Waals surface area contributed by atoms with Crippen LogP contribution < -0.4 is 5.32 Å². The van der Waals surface area contributed by atoms with E-state index in [1.807, 2.05) is 0 Å². The third-order valence-corrected chi connectivity index (χ3v) is 4.38.